The van der Waals surface area contributed by atoms with Crippen LogP contribution in [-0.4, -0.2) is 27.5 Å². The van der Waals surface area contributed by atoms with Gasteiger partial charge >= 0.3 is 5.97 Å². The number of aliphatic carboxylic acids is 1. The van der Waals surface area contributed by atoms with Crippen LogP contribution in [0.25, 0.3) is 0 Å². The van der Waals surface area contributed by atoms with Gasteiger partial charge in [0.2, 0.25) is 0 Å². The molecule has 0 aliphatic heterocycles. The quantitative estimate of drug-likeness (QED) is 0.570. The van der Waals surface area contributed by atoms with Gasteiger partial charge in [0.15, 0.2) is 0 Å². The van der Waals surface area contributed by atoms with Crippen molar-refractivity contribution in [3.8, 4) is 0 Å². The van der Waals surface area contributed by atoms with Crippen LogP contribution in [0.5, 0.6) is 0 Å². The van der Waals surface area contributed by atoms with E-state index in [-0.39, 0.29) is 5.49 Å². The van der Waals surface area contributed by atoms with Gasteiger partial charge in [-0.25, -0.2) is 0 Å². The Kier molecular flexibility index (Phi) is 7.21. The van der Waals surface area contributed by atoms with E-state index in [0.29, 0.717) is 12.8 Å². The van der Waals surface area contributed by atoms with Crippen molar-refractivity contribution in [2.24, 2.45) is 5.92 Å². The van der Waals surface area contributed by atoms with Crippen LogP contribution in [0.1, 0.15) is 19.8 Å². The SMILES string of the molecule is CCCC(C(=O)O)C(O)[PH](=O)CSc1ccccc1. The molecule has 3 atom stereocenters. The van der Waals surface area contributed by atoms with Crippen LogP contribution in [0.15, 0.2) is 35.2 Å². The zero-order valence-corrected chi connectivity index (χ0v) is 12.6. The van der Waals surface area contributed by atoms with Gasteiger partial charge < -0.3 is 14.8 Å². The van der Waals surface area contributed by atoms with E-state index in [2.05, 4.69) is 0 Å². The average molecular weight is 302 g/mol. The third-order valence-electron chi connectivity index (χ3n) is 2.75. The third kappa shape index (κ3) is 5.39. The molecule has 1 aromatic rings. The Morgan fingerprint density at radius 2 is 2.00 bits per heavy atom. The van der Waals surface area contributed by atoms with Crippen molar-refractivity contribution in [3.63, 3.8) is 0 Å². The molecule has 0 radical (unpaired) electrons. The van der Waals surface area contributed by atoms with Gasteiger partial charge in [-0.3, -0.25) is 4.79 Å². The molecule has 0 aliphatic rings. The number of rotatable bonds is 8. The summed E-state index contributed by atoms with van der Waals surface area (Å²) in [5, 5.41) is 18.9. The maximum Gasteiger partial charge on any atom is 0.309 e. The zero-order valence-electron chi connectivity index (χ0n) is 10.8. The second-order valence-corrected chi connectivity index (χ2v) is 7.69. The fourth-order valence-electron chi connectivity index (χ4n) is 1.71. The van der Waals surface area contributed by atoms with E-state index in [1.807, 2.05) is 37.3 Å². The van der Waals surface area contributed by atoms with Gasteiger partial charge in [-0.1, -0.05) is 31.5 Å². The van der Waals surface area contributed by atoms with Crippen LogP contribution >= 0.6 is 19.6 Å². The molecule has 19 heavy (non-hydrogen) atoms. The molecule has 4 nitrogen and oxygen atoms in total. The molecule has 0 amide bonds. The summed E-state index contributed by atoms with van der Waals surface area (Å²) in [6.45, 7) is 1.85. The van der Waals surface area contributed by atoms with Crippen molar-refractivity contribution in [1.29, 1.82) is 0 Å². The lowest BCUT2D eigenvalue weighted by Gasteiger charge is -2.18. The van der Waals surface area contributed by atoms with E-state index in [1.54, 1.807) is 0 Å². The van der Waals surface area contributed by atoms with Crippen molar-refractivity contribution in [1.82, 2.24) is 0 Å². The molecule has 0 heterocycles. The molecule has 6 heteroatoms. The summed E-state index contributed by atoms with van der Waals surface area (Å²) in [6.07, 6.45) is 0.998. The molecule has 0 saturated carbocycles. The van der Waals surface area contributed by atoms with Crippen LogP contribution < -0.4 is 0 Å². The molecule has 106 valence electrons. The van der Waals surface area contributed by atoms with Crippen LogP contribution in [0, 0.1) is 5.92 Å². The molecule has 0 saturated heterocycles. The number of carbonyl (C=O) groups is 1. The predicted molar refractivity (Wildman–Crippen MR) is 78.2 cm³/mol. The van der Waals surface area contributed by atoms with E-state index < -0.39 is 25.5 Å². The summed E-state index contributed by atoms with van der Waals surface area (Å²) in [4.78, 5) is 12.0. The number of carboxylic acid groups (broad SMARTS) is 1. The summed E-state index contributed by atoms with van der Waals surface area (Å²) in [5.41, 5.74) is 0.267. The van der Waals surface area contributed by atoms with Gasteiger partial charge in [-0.2, -0.15) is 0 Å². The van der Waals surface area contributed by atoms with Crippen molar-refractivity contribution in [2.75, 3.05) is 5.49 Å². The standard InChI is InChI=1S/C13H19O4PS/c1-2-6-11(12(14)15)13(16)18(17)9-19-10-7-4-3-5-8-10/h3-5,7-8,11,13,16,18H,2,6,9H2,1H3,(H,14,15). The maximum absolute atomic E-state index is 12.0. The topological polar surface area (TPSA) is 74.6 Å². The van der Waals surface area contributed by atoms with Gasteiger partial charge in [0.05, 0.1) is 11.4 Å². The first-order valence-corrected chi connectivity index (χ1v) is 8.85. The van der Waals surface area contributed by atoms with E-state index in [9.17, 15) is 14.5 Å². The fourth-order valence-corrected chi connectivity index (χ4v) is 4.73. The van der Waals surface area contributed by atoms with Gasteiger partial charge in [-0.05, 0) is 18.6 Å². The third-order valence-corrected chi connectivity index (χ3v) is 6.14. The monoisotopic (exact) mass is 302 g/mol. The normalized spacial score (nSPS) is 15.7. The van der Waals surface area contributed by atoms with Crippen LogP contribution in [-0.2, 0) is 9.36 Å². The van der Waals surface area contributed by atoms with Crippen LogP contribution in [0.4, 0.5) is 0 Å². The Bertz CT molecular complexity index is 424. The number of aliphatic hydroxyl groups excluding tert-OH is 1. The number of carboxylic acids is 1. The minimum atomic E-state index is -2.34. The van der Waals surface area contributed by atoms with Crippen molar-refractivity contribution in [2.45, 2.75) is 30.5 Å². The lowest BCUT2D eigenvalue weighted by Crippen LogP contribution is -2.25. The predicted octanol–water partition coefficient (Wildman–Crippen LogP) is 3.12. The highest BCUT2D eigenvalue weighted by atomic mass is 32.2. The second-order valence-electron chi connectivity index (χ2n) is 4.25. The van der Waals surface area contributed by atoms with E-state index in [1.165, 1.54) is 11.8 Å². The lowest BCUT2D eigenvalue weighted by atomic mass is 10.1. The second kappa shape index (κ2) is 8.41. The van der Waals surface area contributed by atoms with Crippen molar-refractivity contribution < 1.29 is 19.6 Å². The Balaban J connectivity index is 2.54. The maximum atomic E-state index is 12.0. The van der Waals surface area contributed by atoms with Crippen molar-refractivity contribution in [3.05, 3.63) is 30.3 Å². The number of benzene rings is 1. The van der Waals surface area contributed by atoms with E-state index in [0.717, 1.165) is 4.90 Å². The number of thioether (sulfide) groups is 1. The minimum absolute atomic E-state index is 0.267. The summed E-state index contributed by atoms with van der Waals surface area (Å²) in [6, 6.07) is 9.45. The minimum Gasteiger partial charge on any atom is -0.481 e. The first kappa shape index (κ1) is 16.3. The summed E-state index contributed by atoms with van der Waals surface area (Å²) in [5.74, 6) is -3.23. The van der Waals surface area contributed by atoms with Gasteiger partial charge in [0, 0.05) is 4.90 Å². The van der Waals surface area contributed by atoms with E-state index in [4.69, 9.17) is 5.11 Å². The Morgan fingerprint density at radius 1 is 1.37 bits per heavy atom. The van der Waals surface area contributed by atoms with Crippen molar-refractivity contribution >= 4 is 25.5 Å². The molecule has 0 fully saturated rings. The number of aliphatic hydroxyl groups is 1. The smallest absolute Gasteiger partial charge is 0.309 e. The molecule has 1 aromatic carbocycles. The number of hydrogen-bond donors (Lipinski definition) is 2. The fraction of sp³-hybridized carbons (Fsp3) is 0.462. The molecule has 2 N–H and O–H groups in total. The summed E-state index contributed by atoms with van der Waals surface area (Å²) < 4.78 is 12.0. The molecule has 0 bridgehead atoms. The van der Waals surface area contributed by atoms with Crippen LogP contribution in [0.3, 0.4) is 0 Å². The highest BCUT2D eigenvalue weighted by molar-refractivity contribution is 8.03. The van der Waals surface area contributed by atoms with Crippen LogP contribution in [0.2, 0.25) is 0 Å². The first-order valence-electron chi connectivity index (χ1n) is 6.17. The first-order chi connectivity index (χ1) is 9.06. The molecule has 1 rings (SSSR count). The Morgan fingerprint density at radius 3 is 2.53 bits per heavy atom. The zero-order chi connectivity index (χ0) is 14.3. The molecule has 0 spiro atoms. The largest absolute Gasteiger partial charge is 0.481 e. The Labute approximate surface area is 118 Å². The van der Waals surface area contributed by atoms with Gasteiger partial charge in [0.25, 0.3) is 0 Å². The van der Waals surface area contributed by atoms with E-state index >= 15 is 0 Å². The Hall–Kier alpha value is -0.770. The highest BCUT2D eigenvalue weighted by Gasteiger charge is 2.29. The van der Waals surface area contributed by atoms with Gasteiger partial charge in [0.1, 0.15) is 13.6 Å². The van der Waals surface area contributed by atoms with Gasteiger partial charge in [-0.15, -0.1) is 11.8 Å². The molecule has 3 unspecified atom stereocenters. The lowest BCUT2D eigenvalue weighted by molar-refractivity contribution is -0.144. The molecular weight excluding hydrogens is 283 g/mol. The summed E-state index contributed by atoms with van der Waals surface area (Å²) >= 11 is 1.38. The molecule has 0 aromatic heterocycles. The summed E-state index contributed by atoms with van der Waals surface area (Å²) in [7, 11) is -2.34. The molecule has 0 aliphatic carbocycles. The number of hydrogen-bond acceptors (Lipinski definition) is 4. The average Bonchev–Trinajstić information content (AvgIpc) is 2.42. The molecular formula is C13H19O4PS. The highest BCUT2D eigenvalue weighted by Crippen LogP contribution is 2.39.